The van der Waals surface area contributed by atoms with E-state index in [0.717, 1.165) is 0 Å². The fourth-order valence-electron chi connectivity index (χ4n) is 1.43. The van der Waals surface area contributed by atoms with E-state index < -0.39 is 24.0 Å². The Morgan fingerprint density at radius 1 is 1.30 bits per heavy atom. The third-order valence-electron chi connectivity index (χ3n) is 2.71. The highest BCUT2D eigenvalue weighted by molar-refractivity contribution is 5.99. The molecule has 0 radical (unpaired) electrons. The number of carbonyl (C=O) groups excluding carboxylic acids is 3. The van der Waals surface area contributed by atoms with Gasteiger partial charge in [-0.3, -0.25) is 10.1 Å². The highest BCUT2D eigenvalue weighted by atomic mass is 16.5. The summed E-state index contributed by atoms with van der Waals surface area (Å²) < 4.78 is 4.99. The number of urea groups is 1. The van der Waals surface area contributed by atoms with Crippen LogP contribution in [0, 0.1) is 6.92 Å². The van der Waals surface area contributed by atoms with Crippen LogP contribution in [0.2, 0.25) is 0 Å². The number of anilines is 1. The van der Waals surface area contributed by atoms with Gasteiger partial charge in [-0.1, -0.05) is 6.07 Å². The van der Waals surface area contributed by atoms with Gasteiger partial charge in [0.2, 0.25) is 0 Å². The van der Waals surface area contributed by atoms with Gasteiger partial charge in [0.25, 0.3) is 5.91 Å². The summed E-state index contributed by atoms with van der Waals surface area (Å²) in [6, 6.07) is 4.16. The number of rotatable bonds is 3. The number of hydrogen-bond acceptors (Lipinski definition) is 5. The zero-order chi connectivity index (χ0) is 15.3. The molecule has 7 nitrogen and oxygen atoms in total. The molecule has 1 atom stereocenters. The summed E-state index contributed by atoms with van der Waals surface area (Å²) >= 11 is 0. The van der Waals surface area contributed by atoms with Crippen LogP contribution < -0.4 is 16.4 Å². The van der Waals surface area contributed by atoms with Crippen LogP contribution in [0.1, 0.15) is 22.8 Å². The number of ether oxygens (including phenoxy) is 1. The van der Waals surface area contributed by atoms with Gasteiger partial charge in [0.05, 0.1) is 5.56 Å². The third kappa shape index (κ3) is 3.71. The maximum atomic E-state index is 11.9. The summed E-state index contributed by atoms with van der Waals surface area (Å²) in [5.74, 6) is -1.38. The van der Waals surface area contributed by atoms with Crippen molar-refractivity contribution in [2.24, 2.45) is 0 Å². The molecule has 4 N–H and O–H groups in total. The minimum atomic E-state index is -1.10. The van der Waals surface area contributed by atoms with Crippen molar-refractivity contribution in [2.75, 3.05) is 12.8 Å². The summed E-state index contributed by atoms with van der Waals surface area (Å²) in [6.45, 7) is 3.05. The molecule has 0 heterocycles. The molecule has 0 fully saturated rings. The van der Waals surface area contributed by atoms with E-state index in [4.69, 9.17) is 10.5 Å². The monoisotopic (exact) mass is 279 g/mol. The minimum absolute atomic E-state index is 0.282. The molecule has 1 unspecified atom stereocenters. The molecule has 1 aromatic rings. The Hall–Kier alpha value is -2.57. The number of amides is 3. The van der Waals surface area contributed by atoms with Gasteiger partial charge in [-0.15, -0.1) is 0 Å². The highest BCUT2D eigenvalue weighted by Crippen LogP contribution is 2.16. The number of carbonyl (C=O) groups is 3. The van der Waals surface area contributed by atoms with Gasteiger partial charge in [0.1, 0.15) is 0 Å². The first kappa shape index (κ1) is 15.5. The molecule has 7 heteroatoms. The lowest BCUT2D eigenvalue weighted by Crippen LogP contribution is -2.43. The van der Waals surface area contributed by atoms with Crippen molar-refractivity contribution in [3.05, 3.63) is 29.3 Å². The van der Waals surface area contributed by atoms with E-state index in [9.17, 15) is 14.4 Å². The van der Waals surface area contributed by atoms with Crippen LogP contribution in [0.4, 0.5) is 10.5 Å². The van der Waals surface area contributed by atoms with Gasteiger partial charge in [0.15, 0.2) is 6.10 Å². The van der Waals surface area contributed by atoms with Crippen molar-refractivity contribution in [1.29, 1.82) is 0 Å². The van der Waals surface area contributed by atoms with Crippen molar-refractivity contribution >= 4 is 23.6 Å². The molecule has 0 saturated carbocycles. The Morgan fingerprint density at radius 3 is 2.55 bits per heavy atom. The van der Waals surface area contributed by atoms with E-state index >= 15 is 0 Å². The van der Waals surface area contributed by atoms with E-state index in [0.29, 0.717) is 11.3 Å². The van der Waals surface area contributed by atoms with Crippen LogP contribution in [-0.4, -0.2) is 31.1 Å². The number of hydrogen-bond donors (Lipinski definition) is 3. The van der Waals surface area contributed by atoms with Crippen molar-refractivity contribution in [1.82, 2.24) is 10.6 Å². The van der Waals surface area contributed by atoms with Crippen molar-refractivity contribution < 1.29 is 19.1 Å². The first-order valence-corrected chi connectivity index (χ1v) is 5.95. The van der Waals surface area contributed by atoms with E-state index in [1.54, 1.807) is 25.1 Å². The Morgan fingerprint density at radius 2 is 1.95 bits per heavy atom. The minimum Gasteiger partial charge on any atom is -0.449 e. The van der Waals surface area contributed by atoms with E-state index in [2.05, 4.69) is 5.32 Å². The van der Waals surface area contributed by atoms with Crippen molar-refractivity contribution in [3.63, 3.8) is 0 Å². The zero-order valence-electron chi connectivity index (χ0n) is 11.5. The topological polar surface area (TPSA) is 111 Å². The smallest absolute Gasteiger partial charge is 0.339 e. The Labute approximate surface area is 116 Å². The lowest BCUT2D eigenvalue weighted by Gasteiger charge is -2.14. The second-order valence-electron chi connectivity index (χ2n) is 4.14. The first-order valence-electron chi connectivity index (χ1n) is 5.95. The maximum absolute atomic E-state index is 11.9. The van der Waals surface area contributed by atoms with Crippen molar-refractivity contribution in [2.45, 2.75) is 20.0 Å². The normalized spacial score (nSPS) is 11.3. The summed E-state index contributed by atoms with van der Waals surface area (Å²) in [5.41, 5.74) is 7.02. The molecule has 1 rings (SSSR count). The molecule has 0 bridgehead atoms. The van der Waals surface area contributed by atoms with Gasteiger partial charge >= 0.3 is 12.0 Å². The molecule has 0 spiro atoms. The average Bonchev–Trinajstić information content (AvgIpc) is 2.41. The molecule has 20 heavy (non-hydrogen) atoms. The molecular formula is C13H17N3O4. The van der Waals surface area contributed by atoms with E-state index in [1.807, 2.05) is 5.32 Å². The van der Waals surface area contributed by atoms with Crippen LogP contribution in [0.5, 0.6) is 0 Å². The number of imide groups is 1. The van der Waals surface area contributed by atoms with Crippen LogP contribution in [0.25, 0.3) is 0 Å². The fourth-order valence-corrected chi connectivity index (χ4v) is 1.43. The number of esters is 1. The molecule has 1 aromatic carbocycles. The van der Waals surface area contributed by atoms with Crippen LogP contribution in [0.3, 0.4) is 0 Å². The van der Waals surface area contributed by atoms with Crippen LogP contribution in [-0.2, 0) is 9.53 Å². The molecule has 0 aliphatic rings. The summed E-state index contributed by atoms with van der Waals surface area (Å²) in [4.78, 5) is 34.5. The molecule has 0 aromatic heterocycles. The van der Waals surface area contributed by atoms with Crippen LogP contribution >= 0.6 is 0 Å². The Bertz CT molecular complexity index is 542. The van der Waals surface area contributed by atoms with Gasteiger partial charge in [-0.2, -0.15) is 0 Å². The zero-order valence-corrected chi connectivity index (χ0v) is 11.5. The average molecular weight is 279 g/mol. The Balaban J connectivity index is 2.73. The summed E-state index contributed by atoms with van der Waals surface area (Å²) in [5, 5.41) is 4.25. The van der Waals surface area contributed by atoms with Crippen LogP contribution in [0.15, 0.2) is 18.2 Å². The standard InChI is InChI=1S/C13H17N3O4/c1-7-9(5-4-6-10(7)14)12(18)20-8(2)11(17)16-13(19)15-3/h4-6,8H,14H2,1-3H3,(H2,15,16,17,19). The van der Waals surface area contributed by atoms with Gasteiger partial charge in [-0.25, -0.2) is 9.59 Å². The van der Waals surface area contributed by atoms with Gasteiger partial charge < -0.3 is 15.8 Å². The van der Waals surface area contributed by atoms with E-state index in [-0.39, 0.29) is 5.56 Å². The number of nitrogens with two attached hydrogens (primary N) is 1. The second kappa shape index (κ2) is 6.55. The molecule has 0 aliphatic heterocycles. The predicted molar refractivity (Wildman–Crippen MR) is 73.1 cm³/mol. The molecule has 3 amide bonds. The van der Waals surface area contributed by atoms with Gasteiger partial charge in [-0.05, 0) is 31.5 Å². The first-order chi connectivity index (χ1) is 9.36. The summed E-state index contributed by atoms with van der Waals surface area (Å²) in [7, 11) is 1.37. The molecule has 0 aliphatic carbocycles. The molecule has 0 saturated heterocycles. The SMILES string of the molecule is CNC(=O)NC(=O)C(C)OC(=O)c1cccc(N)c1C. The number of nitrogen functional groups attached to an aromatic ring is 1. The highest BCUT2D eigenvalue weighted by Gasteiger charge is 2.21. The number of nitrogens with one attached hydrogen (secondary N) is 2. The lowest BCUT2D eigenvalue weighted by atomic mass is 10.1. The number of benzene rings is 1. The fraction of sp³-hybridized carbons (Fsp3) is 0.308. The molecule has 108 valence electrons. The van der Waals surface area contributed by atoms with Crippen molar-refractivity contribution in [3.8, 4) is 0 Å². The lowest BCUT2D eigenvalue weighted by molar-refractivity contribution is -0.127. The molecular weight excluding hydrogens is 262 g/mol. The third-order valence-corrected chi connectivity index (χ3v) is 2.71. The largest absolute Gasteiger partial charge is 0.449 e. The predicted octanol–water partition coefficient (Wildman–Crippen LogP) is 0.578. The van der Waals surface area contributed by atoms with E-state index in [1.165, 1.54) is 14.0 Å². The maximum Gasteiger partial charge on any atom is 0.339 e. The summed E-state index contributed by atoms with van der Waals surface area (Å²) in [6.07, 6.45) is -1.10. The second-order valence-corrected chi connectivity index (χ2v) is 4.14. The Kier molecular flexibility index (Phi) is 5.08. The quantitative estimate of drug-likeness (QED) is 0.553. The van der Waals surface area contributed by atoms with Gasteiger partial charge in [0, 0.05) is 12.7 Å².